The first-order chi connectivity index (χ1) is 12.5. The molecule has 142 valence electrons. The number of hydrogen-bond acceptors (Lipinski definition) is 7. The van der Waals surface area contributed by atoms with Crippen LogP contribution in [0.4, 0.5) is 6.01 Å². The van der Waals surface area contributed by atoms with E-state index in [9.17, 15) is 8.42 Å². The first kappa shape index (κ1) is 18.7. The van der Waals surface area contributed by atoms with E-state index in [1.165, 1.54) is 0 Å². The summed E-state index contributed by atoms with van der Waals surface area (Å²) in [5.74, 6) is 1.41. The predicted molar refractivity (Wildman–Crippen MR) is 97.9 cm³/mol. The van der Waals surface area contributed by atoms with Gasteiger partial charge in [0.05, 0.1) is 12.9 Å². The van der Waals surface area contributed by atoms with E-state index < -0.39 is 10.0 Å². The van der Waals surface area contributed by atoms with Crippen molar-refractivity contribution in [3.8, 4) is 5.75 Å². The average molecular weight is 380 g/mol. The van der Waals surface area contributed by atoms with Crippen LogP contribution in [-0.4, -0.2) is 62.0 Å². The first-order valence-electron chi connectivity index (χ1n) is 8.70. The van der Waals surface area contributed by atoms with Crippen LogP contribution in [0.1, 0.15) is 18.4 Å². The maximum Gasteiger partial charge on any atom is 0.318 e. The fourth-order valence-electron chi connectivity index (χ4n) is 2.88. The van der Waals surface area contributed by atoms with Gasteiger partial charge in [-0.15, -0.1) is 5.10 Å². The summed E-state index contributed by atoms with van der Waals surface area (Å²) in [6.07, 6.45) is 1.15. The van der Waals surface area contributed by atoms with Crippen molar-refractivity contribution in [3.63, 3.8) is 0 Å². The minimum Gasteiger partial charge on any atom is -0.497 e. The highest BCUT2D eigenvalue weighted by Crippen LogP contribution is 2.18. The summed E-state index contributed by atoms with van der Waals surface area (Å²) in [6.45, 7) is 3.88. The summed E-state index contributed by atoms with van der Waals surface area (Å²) in [5.41, 5.74) is 0.949. The highest BCUT2D eigenvalue weighted by molar-refractivity contribution is 7.89. The smallest absolute Gasteiger partial charge is 0.318 e. The molecule has 0 spiro atoms. The van der Waals surface area contributed by atoms with E-state index >= 15 is 0 Å². The van der Waals surface area contributed by atoms with Crippen LogP contribution in [0, 0.1) is 0 Å². The van der Waals surface area contributed by atoms with Gasteiger partial charge in [-0.2, -0.15) is 4.31 Å². The monoisotopic (exact) mass is 380 g/mol. The number of rotatable bonds is 7. The fourth-order valence-corrected chi connectivity index (χ4v) is 4.35. The highest BCUT2D eigenvalue weighted by atomic mass is 32.2. The third-order valence-corrected chi connectivity index (χ3v) is 6.32. The number of piperazine rings is 1. The van der Waals surface area contributed by atoms with Gasteiger partial charge in [0.15, 0.2) is 0 Å². The topological polar surface area (TPSA) is 88.8 Å². The summed E-state index contributed by atoms with van der Waals surface area (Å²) >= 11 is 0. The van der Waals surface area contributed by atoms with E-state index in [1.807, 2.05) is 36.1 Å². The number of nitrogens with zero attached hydrogens (tertiary/aromatic N) is 4. The largest absolute Gasteiger partial charge is 0.497 e. The molecule has 1 fully saturated rings. The quantitative estimate of drug-likeness (QED) is 0.716. The Morgan fingerprint density at radius 2 is 1.96 bits per heavy atom. The molecule has 3 rings (SSSR count). The van der Waals surface area contributed by atoms with Crippen LogP contribution in [0.2, 0.25) is 0 Å². The van der Waals surface area contributed by atoms with Crippen molar-refractivity contribution in [1.82, 2.24) is 14.5 Å². The molecule has 0 bridgehead atoms. The molecule has 1 aliphatic heterocycles. The molecule has 0 atom stereocenters. The molecule has 2 heterocycles. The van der Waals surface area contributed by atoms with Crippen molar-refractivity contribution in [2.75, 3.05) is 43.9 Å². The number of ether oxygens (including phenoxy) is 1. The Morgan fingerprint density at radius 3 is 2.62 bits per heavy atom. The third-order valence-electron chi connectivity index (χ3n) is 4.44. The number of aryl methyl sites for hydroxylation is 2. The summed E-state index contributed by atoms with van der Waals surface area (Å²) < 4.78 is 37.5. The van der Waals surface area contributed by atoms with Crippen molar-refractivity contribution in [2.24, 2.45) is 0 Å². The van der Waals surface area contributed by atoms with Gasteiger partial charge in [0.25, 0.3) is 0 Å². The van der Waals surface area contributed by atoms with Gasteiger partial charge >= 0.3 is 6.01 Å². The molecule has 0 N–H and O–H groups in total. The molecule has 1 saturated heterocycles. The lowest BCUT2D eigenvalue weighted by atomic mass is 10.2. The van der Waals surface area contributed by atoms with Gasteiger partial charge in [-0.1, -0.05) is 24.2 Å². The van der Waals surface area contributed by atoms with Gasteiger partial charge in [0, 0.05) is 32.6 Å². The zero-order valence-electron chi connectivity index (χ0n) is 15.1. The fraction of sp³-hybridized carbons (Fsp3) is 0.529. The summed E-state index contributed by atoms with van der Waals surface area (Å²) in [7, 11) is -1.71. The number of methoxy groups -OCH3 is 1. The van der Waals surface area contributed by atoms with E-state index in [1.54, 1.807) is 11.4 Å². The zero-order valence-corrected chi connectivity index (χ0v) is 15.9. The van der Waals surface area contributed by atoms with Crippen LogP contribution < -0.4 is 9.64 Å². The number of sulfonamides is 1. The van der Waals surface area contributed by atoms with Crippen molar-refractivity contribution in [1.29, 1.82) is 0 Å². The molecule has 0 unspecified atom stereocenters. The van der Waals surface area contributed by atoms with Gasteiger partial charge in [-0.25, -0.2) is 8.42 Å². The van der Waals surface area contributed by atoms with Crippen molar-refractivity contribution in [2.45, 2.75) is 19.8 Å². The molecule has 9 heteroatoms. The molecular weight excluding hydrogens is 356 g/mol. The Labute approximate surface area is 153 Å². The normalized spacial score (nSPS) is 16.0. The van der Waals surface area contributed by atoms with E-state index in [0.29, 0.717) is 50.9 Å². The zero-order chi connectivity index (χ0) is 18.6. The van der Waals surface area contributed by atoms with E-state index in [0.717, 1.165) is 11.3 Å². The predicted octanol–water partition coefficient (Wildman–Crippen LogP) is 1.34. The Balaban J connectivity index is 1.55. The Kier molecular flexibility index (Phi) is 5.77. The average Bonchev–Trinajstić information content (AvgIpc) is 3.16. The second-order valence-corrected chi connectivity index (χ2v) is 8.22. The summed E-state index contributed by atoms with van der Waals surface area (Å²) in [6, 6.07) is 7.97. The maximum atomic E-state index is 12.6. The number of benzene rings is 1. The molecule has 0 amide bonds. The van der Waals surface area contributed by atoms with Gasteiger partial charge in [-0.05, 0) is 24.1 Å². The molecule has 8 nitrogen and oxygen atoms in total. The van der Waals surface area contributed by atoms with Crippen LogP contribution in [0.15, 0.2) is 28.7 Å². The van der Waals surface area contributed by atoms with E-state index in [2.05, 4.69) is 10.2 Å². The van der Waals surface area contributed by atoms with Crippen LogP contribution in [0.25, 0.3) is 0 Å². The second-order valence-electron chi connectivity index (χ2n) is 6.14. The summed E-state index contributed by atoms with van der Waals surface area (Å²) in [5, 5.41) is 7.97. The lowest BCUT2D eigenvalue weighted by Gasteiger charge is -2.32. The second kappa shape index (κ2) is 8.05. The van der Waals surface area contributed by atoms with Crippen LogP contribution in [0.3, 0.4) is 0 Å². The number of aromatic nitrogens is 2. The summed E-state index contributed by atoms with van der Waals surface area (Å²) in [4.78, 5) is 1.93. The van der Waals surface area contributed by atoms with Gasteiger partial charge in [0.2, 0.25) is 15.9 Å². The Morgan fingerprint density at radius 1 is 1.19 bits per heavy atom. The standard InChI is InChI=1S/C17H24N4O4S/c1-3-16-18-19-17(25-16)20-8-10-21(11-9-20)26(22,23)12-7-14-5-4-6-15(13-14)24-2/h4-6,13H,3,7-12H2,1-2H3. The van der Waals surface area contributed by atoms with E-state index in [-0.39, 0.29) is 5.75 Å². The highest BCUT2D eigenvalue weighted by Gasteiger charge is 2.28. The van der Waals surface area contributed by atoms with Crippen molar-refractivity contribution in [3.05, 3.63) is 35.7 Å². The van der Waals surface area contributed by atoms with Crippen molar-refractivity contribution < 1.29 is 17.6 Å². The van der Waals surface area contributed by atoms with Crippen molar-refractivity contribution >= 4 is 16.0 Å². The molecule has 1 aromatic carbocycles. The maximum absolute atomic E-state index is 12.6. The minimum atomic E-state index is -3.31. The molecular formula is C17H24N4O4S. The third kappa shape index (κ3) is 4.34. The molecule has 1 aromatic heterocycles. The molecule has 26 heavy (non-hydrogen) atoms. The van der Waals surface area contributed by atoms with Crippen LogP contribution in [0.5, 0.6) is 5.75 Å². The number of hydrogen-bond donors (Lipinski definition) is 0. The Bertz CT molecular complexity index is 829. The first-order valence-corrected chi connectivity index (χ1v) is 10.3. The molecule has 2 aromatic rings. The van der Waals surface area contributed by atoms with E-state index in [4.69, 9.17) is 9.15 Å². The van der Waals surface area contributed by atoms with Crippen LogP contribution >= 0.6 is 0 Å². The van der Waals surface area contributed by atoms with Gasteiger partial charge < -0.3 is 14.1 Å². The van der Waals surface area contributed by atoms with Gasteiger partial charge in [0.1, 0.15) is 5.75 Å². The minimum absolute atomic E-state index is 0.0840. The lowest BCUT2D eigenvalue weighted by molar-refractivity contribution is 0.369. The number of anilines is 1. The Hall–Kier alpha value is -2.13. The molecule has 0 aliphatic carbocycles. The van der Waals surface area contributed by atoms with Crippen LogP contribution in [-0.2, 0) is 22.9 Å². The molecule has 0 radical (unpaired) electrons. The lowest BCUT2D eigenvalue weighted by Crippen LogP contribution is -2.49. The SMILES string of the molecule is CCc1nnc(N2CCN(S(=O)(=O)CCc3cccc(OC)c3)CC2)o1. The van der Waals surface area contributed by atoms with Gasteiger partial charge in [-0.3, -0.25) is 0 Å². The molecule has 0 saturated carbocycles. The molecule has 1 aliphatic rings.